The fraction of sp³-hybridized carbons (Fsp3) is 0.100. The highest BCUT2D eigenvalue weighted by Crippen LogP contribution is 2.26. The molecule has 0 aromatic heterocycles. The molecule has 0 radical (unpaired) electrons. The molecule has 4 aromatic rings. The van der Waals surface area contributed by atoms with E-state index < -0.39 is 0 Å². The Morgan fingerprint density at radius 3 is 2.32 bits per heavy atom. The van der Waals surface area contributed by atoms with Crippen molar-refractivity contribution in [3.8, 4) is 11.5 Å². The third-order valence-corrected chi connectivity index (χ3v) is 5.98. The molecule has 0 aliphatic heterocycles. The molecule has 3 nitrogen and oxygen atoms in total. The maximum atomic E-state index is 12.5. The number of hydrogen-bond acceptors (Lipinski definition) is 3. The van der Waals surface area contributed by atoms with Gasteiger partial charge in [-0.1, -0.05) is 76.6 Å². The fourth-order valence-electron chi connectivity index (χ4n) is 3.66. The van der Waals surface area contributed by atoms with Crippen LogP contribution in [-0.2, 0) is 13.0 Å². The summed E-state index contributed by atoms with van der Waals surface area (Å²) < 4.78 is 12.7. The zero-order valence-corrected chi connectivity index (χ0v) is 20.5. The van der Waals surface area contributed by atoms with Crippen LogP contribution >= 0.6 is 15.9 Å². The van der Waals surface area contributed by atoms with Crippen LogP contribution in [0, 0.1) is 0 Å². The smallest absolute Gasteiger partial charge is 0.185 e. The van der Waals surface area contributed by atoms with Gasteiger partial charge in [0.1, 0.15) is 18.1 Å². The topological polar surface area (TPSA) is 35.5 Å². The van der Waals surface area contributed by atoms with Crippen LogP contribution in [-0.4, -0.2) is 12.9 Å². The van der Waals surface area contributed by atoms with Crippen LogP contribution in [0.15, 0.2) is 108 Å². The molecular weight excluding hydrogens is 488 g/mol. The van der Waals surface area contributed by atoms with E-state index in [1.807, 2.05) is 72.8 Å². The lowest BCUT2D eigenvalue weighted by Gasteiger charge is -2.14. The van der Waals surface area contributed by atoms with Gasteiger partial charge in [0.15, 0.2) is 5.78 Å². The fourth-order valence-corrected chi connectivity index (χ4v) is 3.92. The predicted molar refractivity (Wildman–Crippen MR) is 141 cm³/mol. The SMILES string of the molecule is COc1ccc(/C=C/C(=O)c2ccc(Br)cc2)cc1COc1ccccc1Cc1ccccc1. The number of carbonyl (C=O) groups is 1. The normalized spacial score (nSPS) is 10.9. The molecule has 34 heavy (non-hydrogen) atoms. The lowest BCUT2D eigenvalue weighted by Crippen LogP contribution is -2.02. The largest absolute Gasteiger partial charge is 0.496 e. The molecule has 0 atom stereocenters. The Morgan fingerprint density at radius 1 is 0.824 bits per heavy atom. The minimum Gasteiger partial charge on any atom is -0.496 e. The molecular formula is C30H25BrO3. The predicted octanol–water partition coefficient (Wildman–Crippen LogP) is 7.52. The first-order chi connectivity index (χ1) is 16.6. The van der Waals surface area contributed by atoms with Crippen molar-refractivity contribution in [1.82, 2.24) is 0 Å². The first-order valence-electron chi connectivity index (χ1n) is 11.0. The Kier molecular flexibility index (Phi) is 7.95. The molecule has 4 heteroatoms. The van der Waals surface area contributed by atoms with E-state index >= 15 is 0 Å². The third kappa shape index (κ3) is 6.24. The van der Waals surface area contributed by atoms with Crippen LogP contribution in [0.25, 0.3) is 6.08 Å². The summed E-state index contributed by atoms with van der Waals surface area (Å²) >= 11 is 3.39. The quantitative estimate of drug-likeness (QED) is 0.172. The molecule has 0 aliphatic carbocycles. The number of carbonyl (C=O) groups excluding carboxylic acids is 1. The molecule has 0 saturated heterocycles. The molecule has 4 rings (SSSR count). The zero-order valence-electron chi connectivity index (χ0n) is 18.9. The summed E-state index contributed by atoms with van der Waals surface area (Å²) in [6.07, 6.45) is 4.20. The minimum atomic E-state index is -0.0454. The van der Waals surface area contributed by atoms with Crippen molar-refractivity contribution in [1.29, 1.82) is 0 Å². The second-order valence-corrected chi connectivity index (χ2v) is 8.75. The Hall–Kier alpha value is -3.63. The minimum absolute atomic E-state index is 0.0454. The van der Waals surface area contributed by atoms with E-state index in [0.717, 1.165) is 39.1 Å². The number of allylic oxidation sites excluding steroid dienone is 1. The summed E-state index contributed by atoms with van der Waals surface area (Å²) in [5, 5.41) is 0. The molecule has 0 aliphatic rings. The zero-order chi connectivity index (χ0) is 23.8. The van der Waals surface area contributed by atoms with Crippen LogP contribution in [0.4, 0.5) is 0 Å². The van der Waals surface area contributed by atoms with Gasteiger partial charge in [-0.15, -0.1) is 0 Å². The average molecular weight is 513 g/mol. The van der Waals surface area contributed by atoms with Gasteiger partial charge in [0.05, 0.1) is 7.11 Å². The number of rotatable bonds is 9. The number of halogens is 1. The van der Waals surface area contributed by atoms with Gasteiger partial charge in [0, 0.05) is 22.0 Å². The van der Waals surface area contributed by atoms with Gasteiger partial charge in [-0.05, 0) is 65.2 Å². The van der Waals surface area contributed by atoms with Gasteiger partial charge in [-0.2, -0.15) is 0 Å². The Balaban J connectivity index is 1.49. The molecule has 0 fully saturated rings. The van der Waals surface area contributed by atoms with Crippen molar-refractivity contribution >= 4 is 27.8 Å². The maximum Gasteiger partial charge on any atom is 0.185 e. The number of hydrogen-bond donors (Lipinski definition) is 0. The van der Waals surface area contributed by atoms with Crippen molar-refractivity contribution < 1.29 is 14.3 Å². The molecule has 0 N–H and O–H groups in total. The molecule has 0 bridgehead atoms. The van der Waals surface area contributed by atoms with Crippen molar-refractivity contribution in [3.05, 3.63) is 135 Å². The summed E-state index contributed by atoms with van der Waals surface area (Å²) in [6.45, 7) is 0.358. The van der Waals surface area contributed by atoms with Gasteiger partial charge in [0.2, 0.25) is 0 Å². The first-order valence-corrected chi connectivity index (χ1v) is 11.8. The molecule has 0 amide bonds. The Bertz CT molecular complexity index is 1280. The number of methoxy groups -OCH3 is 1. The summed E-state index contributed by atoms with van der Waals surface area (Å²) in [7, 11) is 1.65. The monoisotopic (exact) mass is 512 g/mol. The molecule has 170 valence electrons. The molecule has 0 spiro atoms. The van der Waals surface area contributed by atoms with E-state index in [1.54, 1.807) is 25.3 Å². The van der Waals surface area contributed by atoms with E-state index in [0.29, 0.717) is 12.2 Å². The summed E-state index contributed by atoms with van der Waals surface area (Å²) in [5.41, 5.74) is 4.83. The first kappa shape index (κ1) is 23.5. The van der Waals surface area contributed by atoms with E-state index in [1.165, 1.54) is 5.56 Å². The number of ketones is 1. The average Bonchev–Trinajstić information content (AvgIpc) is 2.88. The van der Waals surface area contributed by atoms with Crippen LogP contribution in [0.1, 0.15) is 32.6 Å². The molecule has 0 saturated carbocycles. The van der Waals surface area contributed by atoms with Crippen molar-refractivity contribution in [2.45, 2.75) is 13.0 Å². The van der Waals surface area contributed by atoms with Gasteiger partial charge >= 0.3 is 0 Å². The third-order valence-electron chi connectivity index (χ3n) is 5.45. The Labute approximate surface area is 208 Å². The second kappa shape index (κ2) is 11.5. The van der Waals surface area contributed by atoms with Gasteiger partial charge in [-0.3, -0.25) is 4.79 Å². The van der Waals surface area contributed by atoms with Crippen molar-refractivity contribution in [2.75, 3.05) is 7.11 Å². The summed E-state index contributed by atoms with van der Waals surface area (Å²) in [6, 6.07) is 31.6. The summed E-state index contributed by atoms with van der Waals surface area (Å²) in [5.74, 6) is 1.55. The highest BCUT2D eigenvalue weighted by molar-refractivity contribution is 9.10. The number of para-hydroxylation sites is 1. The lowest BCUT2D eigenvalue weighted by atomic mass is 10.0. The van der Waals surface area contributed by atoms with Gasteiger partial charge in [-0.25, -0.2) is 0 Å². The van der Waals surface area contributed by atoms with E-state index in [9.17, 15) is 4.79 Å². The van der Waals surface area contributed by atoms with E-state index in [2.05, 4.69) is 34.1 Å². The molecule has 4 aromatic carbocycles. The van der Waals surface area contributed by atoms with Crippen LogP contribution in [0.2, 0.25) is 0 Å². The standard InChI is InChI=1S/C30H25BrO3/c1-33-29-18-12-23(11-17-28(32)24-13-15-27(31)16-14-24)20-26(29)21-34-30-10-6-5-9-25(30)19-22-7-3-2-4-8-22/h2-18,20H,19,21H2,1H3/b17-11+. The van der Waals surface area contributed by atoms with Crippen LogP contribution < -0.4 is 9.47 Å². The van der Waals surface area contributed by atoms with Gasteiger partial charge < -0.3 is 9.47 Å². The van der Waals surface area contributed by atoms with Crippen molar-refractivity contribution in [2.24, 2.45) is 0 Å². The number of benzene rings is 4. The molecule has 0 heterocycles. The highest BCUT2D eigenvalue weighted by Gasteiger charge is 2.09. The van der Waals surface area contributed by atoms with Crippen molar-refractivity contribution in [3.63, 3.8) is 0 Å². The summed E-state index contributed by atoms with van der Waals surface area (Å²) in [4.78, 5) is 12.5. The van der Waals surface area contributed by atoms with E-state index in [4.69, 9.17) is 9.47 Å². The second-order valence-electron chi connectivity index (χ2n) is 7.83. The van der Waals surface area contributed by atoms with Crippen LogP contribution in [0.5, 0.6) is 11.5 Å². The van der Waals surface area contributed by atoms with E-state index in [-0.39, 0.29) is 5.78 Å². The maximum absolute atomic E-state index is 12.5. The molecule has 0 unspecified atom stereocenters. The number of ether oxygens (including phenoxy) is 2. The lowest BCUT2D eigenvalue weighted by molar-refractivity contribution is 0.104. The van der Waals surface area contributed by atoms with Crippen LogP contribution in [0.3, 0.4) is 0 Å². The Morgan fingerprint density at radius 2 is 1.56 bits per heavy atom. The highest BCUT2D eigenvalue weighted by atomic mass is 79.9. The van der Waals surface area contributed by atoms with Gasteiger partial charge in [0.25, 0.3) is 0 Å².